The van der Waals surface area contributed by atoms with Crippen molar-refractivity contribution < 1.29 is 19.1 Å². The van der Waals surface area contributed by atoms with E-state index >= 15 is 0 Å². The van der Waals surface area contributed by atoms with E-state index in [2.05, 4.69) is 45.8 Å². The fourth-order valence-electron chi connectivity index (χ4n) is 4.29. The maximum absolute atomic E-state index is 12.7. The molecule has 0 fully saturated rings. The molecule has 0 radical (unpaired) electrons. The van der Waals surface area contributed by atoms with Crippen LogP contribution in [0.1, 0.15) is 11.1 Å². The van der Waals surface area contributed by atoms with Gasteiger partial charge in [0, 0.05) is 48.3 Å². The number of nitrogens with zero attached hydrogens (tertiary/aromatic N) is 2. The SMILES string of the molecule is COC(=O)C(Cc1cn(C)c2ccccc12)SSC(Cc1cn(C)c2ccccc12)C(=O)OC. The normalized spacial score (nSPS) is 13.2. The Labute approximate surface area is 207 Å². The molecule has 6 nitrogen and oxygen atoms in total. The lowest BCUT2D eigenvalue weighted by Gasteiger charge is -2.18. The minimum absolute atomic E-state index is 0.306. The van der Waals surface area contributed by atoms with Crippen LogP contribution in [0.4, 0.5) is 0 Å². The summed E-state index contributed by atoms with van der Waals surface area (Å²) in [5.41, 5.74) is 4.37. The van der Waals surface area contributed by atoms with Crippen LogP contribution in [0, 0.1) is 0 Å². The molecule has 0 amide bonds. The molecule has 0 bridgehead atoms. The zero-order valence-corrected chi connectivity index (χ0v) is 21.3. The van der Waals surface area contributed by atoms with Crippen LogP contribution in [-0.2, 0) is 46.0 Å². The molecule has 2 atom stereocenters. The molecule has 0 aliphatic heterocycles. The van der Waals surface area contributed by atoms with Gasteiger partial charge in [-0.3, -0.25) is 9.59 Å². The van der Waals surface area contributed by atoms with Crippen molar-refractivity contribution in [3.8, 4) is 0 Å². The minimum Gasteiger partial charge on any atom is -0.468 e. The van der Waals surface area contributed by atoms with Crippen molar-refractivity contribution in [3.05, 3.63) is 72.1 Å². The van der Waals surface area contributed by atoms with Gasteiger partial charge in [0.25, 0.3) is 0 Å². The Balaban J connectivity index is 1.55. The molecule has 0 saturated heterocycles. The molecule has 34 heavy (non-hydrogen) atoms. The quantitative estimate of drug-likeness (QED) is 0.242. The molecule has 2 heterocycles. The molecule has 2 aromatic heterocycles. The second-order valence-corrected chi connectivity index (χ2v) is 10.9. The number of carbonyl (C=O) groups excluding carboxylic acids is 2. The lowest BCUT2D eigenvalue weighted by molar-refractivity contribution is -0.140. The minimum atomic E-state index is -0.458. The number of hydrogen-bond donors (Lipinski definition) is 0. The van der Waals surface area contributed by atoms with Crippen molar-refractivity contribution >= 4 is 55.3 Å². The number of carbonyl (C=O) groups is 2. The summed E-state index contributed by atoms with van der Waals surface area (Å²) >= 11 is 0. The summed E-state index contributed by atoms with van der Waals surface area (Å²) in [6, 6.07) is 16.3. The van der Waals surface area contributed by atoms with E-state index in [-0.39, 0.29) is 11.9 Å². The Morgan fingerprint density at radius 3 is 1.50 bits per heavy atom. The van der Waals surface area contributed by atoms with Gasteiger partial charge in [-0.15, -0.1) is 0 Å². The van der Waals surface area contributed by atoms with Crippen LogP contribution in [-0.4, -0.2) is 45.8 Å². The van der Waals surface area contributed by atoms with E-state index in [1.807, 2.05) is 38.4 Å². The van der Waals surface area contributed by atoms with Crippen LogP contribution < -0.4 is 0 Å². The molecule has 8 heteroatoms. The van der Waals surface area contributed by atoms with Crippen molar-refractivity contribution in [2.24, 2.45) is 14.1 Å². The Kier molecular flexibility index (Phi) is 7.58. The van der Waals surface area contributed by atoms with Crippen LogP contribution in [0.5, 0.6) is 0 Å². The average molecular weight is 497 g/mol. The summed E-state index contributed by atoms with van der Waals surface area (Å²) in [7, 11) is 9.55. The molecular formula is C26H28N2O4S2. The number of fused-ring (bicyclic) bond motifs is 2. The van der Waals surface area contributed by atoms with E-state index < -0.39 is 10.5 Å². The smallest absolute Gasteiger partial charge is 0.320 e. The van der Waals surface area contributed by atoms with Crippen molar-refractivity contribution in [2.75, 3.05) is 14.2 Å². The van der Waals surface area contributed by atoms with Gasteiger partial charge in [-0.2, -0.15) is 0 Å². The van der Waals surface area contributed by atoms with Crippen LogP contribution in [0.3, 0.4) is 0 Å². The first-order chi connectivity index (χ1) is 16.4. The van der Waals surface area contributed by atoms with E-state index in [4.69, 9.17) is 9.47 Å². The fourth-order valence-corrected chi connectivity index (χ4v) is 7.08. The zero-order valence-electron chi connectivity index (χ0n) is 19.7. The summed E-state index contributed by atoms with van der Waals surface area (Å²) in [5, 5.41) is 1.32. The predicted octanol–water partition coefficient (Wildman–Crippen LogP) is 4.92. The van der Waals surface area contributed by atoms with Crippen molar-refractivity contribution in [1.82, 2.24) is 9.13 Å². The Hall–Kier alpha value is -2.84. The highest BCUT2D eigenvalue weighted by Gasteiger charge is 2.28. The molecule has 178 valence electrons. The van der Waals surface area contributed by atoms with Gasteiger partial charge in [0.1, 0.15) is 10.5 Å². The van der Waals surface area contributed by atoms with Crippen LogP contribution in [0.15, 0.2) is 60.9 Å². The number of rotatable bonds is 9. The molecule has 0 saturated carbocycles. The van der Waals surface area contributed by atoms with E-state index in [1.54, 1.807) is 0 Å². The number of aromatic nitrogens is 2. The summed E-state index contributed by atoms with van der Waals surface area (Å²) in [6.07, 6.45) is 5.13. The maximum atomic E-state index is 12.7. The lowest BCUT2D eigenvalue weighted by atomic mass is 10.1. The number of hydrogen-bond acceptors (Lipinski definition) is 6. The summed E-state index contributed by atoms with van der Waals surface area (Å²) in [4.78, 5) is 25.3. The van der Waals surface area contributed by atoms with Gasteiger partial charge >= 0.3 is 11.9 Å². The van der Waals surface area contributed by atoms with E-state index in [1.165, 1.54) is 35.8 Å². The van der Waals surface area contributed by atoms with E-state index in [9.17, 15) is 9.59 Å². The number of methoxy groups -OCH3 is 2. The number of para-hydroxylation sites is 2. The monoisotopic (exact) mass is 496 g/mol. The lowest BCUT2D eigenvalue weighted by Crippen LogP contribution is -2.24. The third kappa shape index (κ3) is 4.98. The molecule has 2 unspecified atom stereocenters. The van der Waals surface area contributed by atoms with Crippen LogP contribution in [0.25, 0.3) is 21.8 Å². The summed E-state index contributed by atoms with van der Waals surface area (Å²) in [5.74, 6) is -0.613. The Morgan fingerprint density at radius 2 is 1.12 bits per heavy atom. The number of aryl methyl sites for hydroxylation is 2. The molecular weight excluding hydrogens is 468 g/mol. The molecule has 0 aliphatic rings. The molecule has 4 rings (SSSR count). The van der Waals surface area contributed by atoms with Crippen LogP contribution in [0.2, 0.25) is 0 Å². The van der Waals surface area contributed by atoms with Crippen molar-refractivity contribution in [2.45, 2.75) is 23.3 Å². The first kappa shape index (κ1) is 24.3. The predicted molar refractivity (Wildman–Crippen MR) is 140 cm³/mol. The molecule has 0 aliphatic carbocycles. The number of esters is 2. The molecule has 0 spiro atoms. The fraction of sp³-hybridized carbons (Fsp3) is 0.308. The van der Waals surface area contributed by atoms with Gasteiger partial charge in [0.2, 0.25) is 0 Å². The van der Waals surface area contributed by atoms with Gasteiger partial charge in [0.05, 0.1) is 14.2 Å². The highest BCUT2D eigenvalue weighted by molar-refractivity contribution is 8.77. The second kappa shape index (κ2) is 10.6. The number of ether oxygens (including phenoxy) is 2. The summed E-state index contributed by atoms with van der Waals surface area (Å²) in [6.45, 7) is 0. The standard InChI is InChI=1S/C26H28N2O4S2/c1-27-15-17(19-9-5-7-11-21(19)27)13-23(25(29)31-3)33-34-24(26(30)32-4)14-18-16-28(2)22-12-8-6-10-20(18)22/h5-12,15-16,23-24H,13-14H2,1-4H3. The maximum Gasteiger partial charge on any atom is 0.320 e. The van der Waals surface area contributed by atoms with Gasteiger partial charge in [0.15, 0.2) is 0 Å². The largest absolute Gasteiger partial charge is 0.468 e. The van der Waals surface area contributed by atoms with Crippen molar-refractivity contribution in [1.29, 1.82) is 0 Å². The Morgan fingerprint density at radius 1 is 0.735 bits per heavy atom. The molecule has 4 aromatic rings. The van der Waals surface area contributed by atoms with Gasteiger partial charge in [-0.05, 0) is 36.1 Å². The third-order valence-electron chi connectivity index (χ3n) is 5.99. The zero-order chi connectivity index (χ0) is 24.2. The average Bonchev–Trinajstić information content (AvgIpc) is 3.36. The molecule has 0 N–H and O–H groups in total. The van der Waals surface area contributed by atoms with Gasteiger partial charge in [-0.25, -0.2) is 0 Å². The highest BCUT2D eigenvalue weighted by atomic mass is 33.1. The van der Waals surface area contributed by atoms with Gasteiger partial charge in [-0.1, -0.05) is 58.0 Å². The molecule has 2 aromatic carbocycles. The highest BCUT2D eigenvalue weighted by Crippen LogP contribution is 2.37. The van der Waals surface area contributed by atoms with Crippen LogP contribution >= 0.6 is 21.6 Å². The van der Waals surface area contributed by atoms with E-state index in [0.717, 1.165) is 32.9 Å². The van der Waals surface area contributed by atoms with Gasteiger partial charge < -0.3 is 18.6 Å². The van der Waals surface area contributed by atoms with E-state index in [0.29, 0.717) is 12.8 Å². The Bertz CT molecular complexity index is 1230. The number of benzene rings is 2. The first-order valence-electron chi connectivity index (χ1n) is 11.0. The second-order valence-electron chi connectivity index (χ2n) is 8.19. The summed E-state index contributed by atoms with van der Waals surface area (Å²) < 4.78 is 14.3. The third-order valence-corrected chi connectivity index (χ3v) is 9.01. The van der Waals surface area contributed by atoms with Crippen molar-refractivity contribution in [3.63, 3.8) is 0 Å². The topological polar surface area (TPSA) is 62.5 Å². The first-order valence-corrected chi connectivity index (χ1v) is 13.2.